The van der Waals surface area contributed by atoms with E-state index in [1.165, 1.54) is 0 Å². The minimum atomic E-state index is 0.0945. The second kappa shape index (κ2) is 5.71. The Hall–Kier alpha value is -1.07. The van der Waals surface area contributed by atoms with Crippen LogP contribution in [0.2, 0.25) is 0 Å². The molecule has 98 valence electrons. The predicted octanol–water partition coefficient (Wildman–Crippen LogP) is 2.35. The fourth-order valence-corrected chi connectivity index (χ4v) is 2.80. The van der Waals surface area contributed by atoms with Crippen molar-refractivity contribution in [2.24, 2.45) is 5.73 Å². The number of nitrogen functional groups attached to an aromatic ring is 1. The van der Waals surface area contributed by atoms with Crippen molar-refractivity contribution in [2.45, 2.75) is 19.4 Å². The van der Waals surface area contributed by atoms with Crippen LogP contribution in [0.25, 0.3) is 0 Å². The molecule has 1 atom stereocenters. The average molecular weight is 312 g/mol. The summed E-state index contributed by atoms with van der Waals surface area (Å²) in [5.74, 6) is 0.0945. The molecule has 0 amide bonds. The highest BCUT2D eigenvalue weighted by Gasteiger charge is 2.22. The Morgan fingerprint density at radius 1 is 1.61 bits per heavy atom. The van der Waals surface area contributed by atoms with E-state index in [-0.39, 0.29) is 11.9 Å². The average Bonchev–Trinajstić information content (AvgIpc) is 2.38. The molecule has 1 saturated heterocycles. The molecular weight excluding hydrogens is 294 g/mol. The third-order valence-corrected chi connectivity index (χ3v) is 3.86. The van der Waals surface area contributed by atoms with E-state index < -0.39 is 0 Å². The standard InChI is InChI=1S/C13H18BrN3O/c1-2-9-8-17(6-7-18-9)11-5-3-4-10(14)12(11)13(15)16/h3-5,9H,2,6-8H2,1H3,(H3,15,16). The number of benzene rings is 1. The van der Waals surface area contributed by atoms with Gasteiger partial charge in [0, 0.05) is 23.2 Å². The topological polar surface area (TPSA) is 62.3 Å². The molecule has 0 aliphatic carbocycles. The van der Waals surface area contributed by atoms with Crippen molar-refractivity contribution in [1.29, 1.82) is 5.41 Å². The number of nitrogens with two attached hydrogens (primary N) is 1. The van der Waals surface area contributed by atoms with E-state index in [4.69, 9.17) is 15.9 Å². The molecular formula is C13H18BrN3O. The van der Waals surface area contributed by atoms with Crippen molar-refractivity contribution in [3.63, 3.8) is 0 Å². The Balaban J connectivity index is 2.32. The highest BCUT2D eigenvalue weighted by molar-refractivity contribution is 9.10. The monoisotopic (exact) mass is 311 g/mol. The van der Waals surface area contributed by atoms with Gasteiger partial charge < -0.3 is 15.4 Å². The Kier molecular flexibility index (Phi) is 4.24. The Labute approximate surface area is 116 Å². The molecule has 1 aliphatic heterocycles. The highest BCUT2D eigenvalue weighted by Crippen LogP contribution is 2.29. The van der Waals surface area contributed by atoms with Crippen LogP contribution in [0.3, 0.4) is 0 Å². The van der Waals surface area contributed by atoms with E-state index in [1.54, 1.807) is 0 Å². The maximum atomic E-state index is 7.72. The summed E-state index contributed by atoms with van der Waals surface area (Å²) in [5, 5.41) is 7.72. The van der Waals surface area contributed by atoms with E-state index in [0.29, 0.717) is 0 Å². The SMILES string of the molecule is CCC1CN(c2cccc(Br)c2C(=N)N)CCO1. The first-order chi connectivity index (χ1) is 8.63. The molecule has 3 N–H and O–H groups in total. The van der Waals surface area contributed by atoms with Gasteiger partial charge in [-0.3, -0.25) is 5.41 Å². The van der Waals surface area contributed by atoms with Gasteiger partial charge in [0.1, 0.15) is 5.84 Å². The van der Waals surface area contributed by atoms with Crippen LogP contribution in [0.1, 0.15) is 18.9 Å². The van der Waals surface area contributed by atoms with Crippen LogP contribution in [-0.2, 0) is 4.74 Å². The summed E-state index contributed by atoms with van der Waals surface area (Å²) in [5.41, 5.74) is 7.47. The lowest BCUT2D eigenvalue weighted by molar-refractivity contribution is 0.0384. The number of nitrogens with one attached hydrogen (secondary N) is 1. The van der Waals surface area contributed by atoms with Crippen LogP contribution in [0.15, 0.2) is 22.7 Å². The summed E-state index contributed by atoms with van der Waals surface area (Å²) in [6.45, 7) is 4.55. The number of amidine groups is 1. The minimum absolute atomic E-state index is 0.0945. The molecule has 0 bridgehead atoms. The van der Waals surface area contributed by atoms with Crippen molar-refractivity contribution in [3.8, 4) is 0 Å². The number of anilines is 1. The van der Waals surface area contributed by atoms with Crippen LogP contribution in [0, 0.1) is 5.41 Å². The largest absolute Gasteiger partial charge is 0.384 e. The van der Waals surface area contributed by atoms with Gasteiger partial charge in [0.25, 0.3) is 0 Å². The molecule has 0 spiro atoms. The van der Waals surface area contributed by atoms with Gasteiger partial charge in [0.2, 0.25) is 0 Å². The molecule has 1 aromatic rings. The highest BCUT2D eigenvalue weighted by atomic mass is 79.9. The first-order valence-corrected chi connectivity index (χ1v) is 6.92. The van der Waals surface area contributed by atoms with Gasteiger partial charge in [-0.05, 0) is 34.5 Å². The number of ether oxygens (including phenoxy) is 1. The van der Waals surface area contributed by atoms with Gasteiger partial charge in [-0.15, -0.1) is 0 Å². The first-order valence-electron chi connectivity index (χ1n) is 6.13. The summed E-state index contributed by atoms with van der Waals surface area (Å²) in [6, 6.07) is 5.90. The lowest BCUT2D eigenvalue weighted by Gasteiger charge is -2.35. The summed E-state index contributed by atoms with van der Waals surface area (Å²) in [7, 11) is 0. The number of hydrogen-bond acceptors (Lipinski definition) is 3. The lowest BCUT2D eigenvalue weighted by Crippen LogP contribution is -2.43. The molecule has 1 unspecified atom stereocenters. The van der Waals surface area contributed by atoms with Gasteiger partial charge in [-0.2, -0.15) is 0 Å². The van der Waals surface area contributed by atoms with Gasteiger partial charge in [-0.25, -0.2) is 0 Å². The third kappa shape index (κ3) is 2.67. The molecule has 5 heteroatoms. The van der Waals surface area contributed by atoms with Crippen LogP contribution < -0.4 is 10.6 Å². The van der Waals surface area contributed by atoms with Gasteiger partial charge in [0.05, 0.1) is 18.3 Å². The van der Waals surface area contributed by atoms with Gasteiger partial charge in [0.15, 0.2) is 0 Å². The number of halogens is 1. The molecule has 2 rings (SSSR count). The molecule has 1 fully saturated rings. The molecule has 1 aliphatic rings. The predicted molar refractivity (Wildman–Crippen MR) is 77.4 cm³/mol. The van der Waals surface area contributed by atoms with E-state index in [1.807, 2.05) is 18.2 Å². The molecule has 1 aromatic carbocycles. The summed E-state index contributed by atoms with van der Waals surface area (Å²) in [6.07, 6.45) is 1.26. The quantitative estimate of drug-likeness (QED) is 0.665. The van der Waals surface area contributed by atoms with Crippen molar-refractivity contribution >= 4 is 27.5 Å². The molecule has 1 heterocycles. The Bertz CT molecular complexity index is 450. The zero-order valence-electron chi connectivity index (χ0n) is 10.4. The minimum Gasteiger partial charge on any atom is -0.384 e. The number of nitrogens with zero attached hydrogens (tertiary/aromatic N) is 1. The summed E-state index contributed by atoms with van der Waals surface area (Å²) < 4.78 is 6.54. The first kappa shape index (κ1) is 13.4. The van der Waals surface area contributed by atoms with Gasteiger partial charge in [-0.1, -0.05) is 13.0 Å². The van der Waals surface area contributed by atoms with E-state index in [2.05, 4.69) is 27.8 Å². The Morgan fingerprint density at radius 3 is 3.06 bits per heavy atom. The second-order valence-corrected chi connectivity index (χ2v) is 5.25. The van der Waals surface area contributed by atoms with Crippen molar-refractivity contribution in [1.82, 2.24) is 0 Å². The fraction of sp³-hybridized carbons (Fsp3) is 0.462. The van der Waals surface area contributed by atoms with Crippen LogP contribution >= 0.6 is 15.9 Å². The molecule has 0 aromatic heterocycles. The number of rotatable bonds is 3. The lowest BCUT2D eigenvalue weighted by atomic mass is 10.1. The molecule has 18 heavy (non-hydrogen) atoms. The Morgan fingerprint density at radius 2 is 2.39 bits per heavy atom. The van der Waals surface area contributed by atoms with E-state index in [0.717, 1.165) is 41.8 Å². The van der Waals surface area contributed by atoms with Crippen molar-refractivity contribution in [3.05, 3.63) is 28.2 Å². The fourth-order valence-electron chi connectivity index (χ4n) is 2.23. The molecule has 0 radical (unpaired) electrons. The molecule has 4 nitrogen and oxygen atoms in total. The zero-order chi connectivity index (χ0) is 13.1. The smallest absolute Gasteiger partial charge is 0.126 e. The third-order valence-electron chi connectivity index (χ3n) is 3.20. The van der Waals surface area contributed by atoms with Crippen LogP contribution in [-0.4, -0.2) is 31.6 Å². The van der Waals surface area contributed by atoms with E-state index in [9.17, 15) is 0 Å². The van der Waals surface area contributed by atoms with Crippen LogP contribution in [0.5, 0.6) is 0 Å². The normalized spacial score (nSPS) is 19.9. The summed E-state index contributed by atoms with van der Waals surface area (Å²) >= 11 is 3.47. The van der Waals surface area contributed by atoms with E-state index >= 15 is 0 Å². The summed E-state index contributed by atoms with van der Waals surface area (Å²) in [4.78, 5) is 2.25. The zero-order valence-corrected chi connectivity index (χ0v) is 12.0. The molecule has 0 saturated carbocycles. The number of hydrogen-bond donors (Lipinski definition) is 2. The van der Waals surface area contributed by atoms with Crippen LogP contribution in [0.4, 0.5) is 5.69 Å². The van der Waals surface area contributed by atoms with Gasteiger partial charge >= 0.3 is 0 Å². The number of morpholine rings is 1. The van der Waals surface area contributed by atoms with Crippen molar-refractivity contribution < 1.29 is 4.74 Å². The second-order valence-electron chi connectivity index (χ2n) is 4.39. The maximum absolute atomic E-state index is 7.72. The maximum Gasteiger partial charge on any atom is 0.126 e. The van der Waals surface area contributed by atoms with Crippen molar-refractivity contribution in [2.75, 3.05) is 24.6 Å².